The molecule has 2 aromatic rings. The van der Waals surface area contributed by atoms with Crippen LogP contribution in [0.3, 0.4) is 0 Å². The van der Waals surface area contributed by atoms with Crippen LogP contribution in [-0.4, -0.2) is 4.21 Å². The summed E-state index contributed by atoms with van der Waals surface area (Å²) in [7, 11) is -1.15. The SMILES string of the molecule is CC.CC.Cc1ccc(C2(S(=O)c3ccc(F)cc3)CCCC2)cc1. The molecule has 1 fully saturated rings. The van der Waals surface area contributed by atoms with Crippen LogP contribution in [0.1, 0.15) is 64.5 Å². The molecule has 1 aliphatic carbocycles. The number of hydrogen-bond acceptors (Lipinski definition) is 1. The van der Waals surface area contributed by atoms with Gasteiger partial charge in [-0.05, 0) is 49.6 Å². The van der Waals surface area contributed by atoms with Gasteiger partial charge in [0.1, 0.15) is 5.82 Å². The second-order valence-corrected chi connectivity index (χ2v) is 7.58. The molecule has 2 aromatic carbocycles. The number of rotatable bonds is 3. The molecule has 0 heterocycles. The molecule has 0 aliphatic heterocycles. The zero-order valence-corrected chi connectivity index (χ0v) is 17.0. The number of hydrogen-bond donors (Lipinski definition) is 0. The second-order valence-electron chi connectivity index (χ2n) is 5.79. The van der Waals surface area contributed by atoms with Crippen LogP contribution in [0.2, 0.25) is 0 Å². The summed E-state index contributed by atoms with van der Waals surface area (Å²) in [5, 5.41) is 0. The van der Waals surface area contributed by atoms with Gasteiger partial charge in [-0.15, -0.1) is 0 Å². The fourth-order valence-electron chi connectivity index (χ4n) is 3.17. The van der Waals surface area contributed by atoms with E-state index in [9.17, 15) is 8.60 Å². The van der Waals surface area contributed by atoms with Crippen molar-refractivity contribution >= 4 is 10.8 Å². The molecule has 1 aliphatic rings. The zero-order valence-electron chi connectivity index (χ0n) is 16.1. The van der Waals surface area contributed by atoms with E-state index in [1.807, 2.05) is 27.7 Å². The van der Waals surface area contributed by atoms with E-state index in [1.54, 1.807) is 12.1 Å². The molecule has 1 unspecified atom stereocenters. The van der Waals surface area contributed by atoms with E-state index in [0.29, 0.717) is 0 Å². The van der Waals surface area contributed by atoms with Crippen LogP contribution >= 0.6 is 0 Å². The van der Waals surface area contributed by atoms with Crippen LogP contribution in [0, 0.1) is 12.7 Å². The van der Waals surface area contributed by atoms with Crippen molar-refractivity contribution < 1.29 is 8.60 Å². The average Bonchev–Trinajstić information content (AvgIpc) is 3.17. The van der Waals surface area contributed by atoms with Crippen molar-refractivity contribution in [3.63, 3.8) is 0 Å². The van der Waals surface area contributed by atoms with E-state index in [4.69, 9.17) is 0 Å². The zero-order chi connectivity index (χ0) is 18.9. The van der Waals surface area contributed by atoms with Gasteiger partial charge in [-0.25, -0.2) is 4.39 Å². The van der Waals surface area contributed by atoms with E-state index >= 15 is 0 Å². The number of halogens is 1. The molecule has 138 valence electrons. The Balaban J connectivity index is 0.000000730. The fourth-order valence-corrected chi connectivity index (χ4v) is 5.01. The van der Waals surface area contributed by atoms with E-state index in [0.717, 1.165) is 36.1 Å². The fraction of sp³-hybridized carbons (Fsp3) is 0.455. The third-order valence-corrected chi connectivity index (χ3v) is 6.43. The summed E-state index contributed by atoms with van der Waals surface area (Å²) in [6, 6.07) is 14.5. The van der Waals surface area contributed by atoms with Gasteiger partial charge in [0, 0.05) is 4.90 Å². The molecule has 0 N–H and O–H groups in total. The highest BCUT2D eigenvalue weighted by molar-refractivity contribution is 7.86. The lowest BCUT2D eigenvalue weighted by molar-refractivity contribution is 0.590. The van der Waals surface area contributed by atoms with Crippen LogP contribution in [-0.2, 0) is 15.5 Å². The minimum Gasteiger partial charge on any atom is -0.253 e. The van der Waals surface area contributed by atoms with Crippen LogP contribution in [0.4, 0.5) is 4.39 Å². The average molecular weight is 363 g/mol. The summed E-state index contributed by atoms with van der Waals surface area (Å²) < 4.78 is 25.9. The minimum atomic E-state index is -1.15. The van der Waals surface area contributed by atoms with Crippen molar-refractivity contribution in [3.8, 4) is 0 Å². The molecule has 1 nitrogen and oxygen atoms in total. The van der Waals surface area contributed by atoms with Crippen molar-refractivity contribution in [2.75, 3.05) is 0 Å². The van der Waals surface area contributed by atoms with Gasteiger partial charge >= 0.3 is 0 Å². The van der Waals surface area contributed by atoms with E-state index in [-0.39, 0.29) is 10.6 Å². The Morgan fingerprint density at radius 3 is 1.80 bits per heavy atom. The Morgan fingerprint density at radius 2 is 1.32 bits per heavy atom. The third-order valence-electron chi connectivity index (χ3n) is 4.37. The summed E-state index contributed by atoms with van der Waals surface area (Å²) in [6.07, 6.45) is 4.06. The Labute approximate surface area is 155 Å². The van der Waals surface area contributed by atoms with Crippen molar-refractivity contribution in [2.24, 2.45) is 0 Å². The van der Waals surface area contributed by atoms with Crippen molar-refractivity contribution in [2.45, 2.75) is 69.9 Å². The molecule has 1 atom stereocenters. The van der Waals surface area contributed by atoms with Gasteiger partial charge in [0.15, 0.2) is 0 Å². The van der Waals surface area contributed by atoms with Gasteiger partial charge in [0.2, 0.25) is 0 Å². The Hall–Kier alpha value is -1.48. The molecular formula is C22H31FOS. The number of aryl methyl sites for hydroxylation is 1. The molecule has 0 radical (unpaired) electrons. The lowest BCUT2D eigenvalue weighted by Gasteiger charge is -2.29. The third kappa shape index (κ3) is 5.01. The highest BCUT2D eigenvalue weighted by Gasteiger charge is 2.42. The first-order valence-corrected chi connectivity index (χ1v) is 10.5. The molecule has 0 spiro atoms. The lowest BCUT2D eigenvalue weighted by Crippen LogP contribution is -2.28. The second kappa shape index (κ2) is 10.5. The highest BCUT2D eigenvalue weighted by Crippen LogP contribution is 2.46. The maximum absolute atomic E-state index is 13.2. The summed E-state index contributed by atoms with van der Waals surface area (Å²) >= 11 is 0. The Bertz CT molecular complexity index is 641. The molecule has 0 bridgehead atoms. The van der Waals surface area contributed by atoms with Crippen LogP contribution in [0.25, 0.3) is 0 Å². The predicted octanol–water partition coefficient (Wildman–Crippen LogP) is 6.76. The first-order chi connectivity index (χ1) is 12.1. The highest BCUT2D eigenvalue weighted by atomic mass is 32.2. The van der Waals surface area contributed by atoms with Crippen LogP contribution in [0.5, 0.6) is 0 Å². The number of benzene rings is 2. The van der Waals surface area contributed by atoms with Gasteiger partial charge in [-0.3, -0.25) is 4.21 Å². The van der Waals surface area contributed by atoms with Gasteiger partial charge in [-0.2, -0.15) is 0 Å². The van der Waals surface area contributed by atoms with Gasteiger partial charge in [-0.1, -0.05) is 70.4 Å². The smallest absolute Gasteiger partial charge is 0.123 e. The van der Waals surface area contributed by atoms with Gasteiger partial charge in [0.25, 0.3) is 0 Å². The predicted molar refractivity (Wildman–Crippen MR) is 107 cm³/mol. The minimum absolute atomic E-state index is 0.286. The van der Waals surface area contributed by atoms with Crippen LogP contribution < -0.4 is 0 Å². The normalized spacial score (nSPS) is 16.1. The first kappa shape index (κ1) is 21.6. The largest absolute Gasteiger partial charge is 0.253 e. The molecule has 0 amide bonds. The van der Waals surface area contributed by atoms with Gasteiger partial charge in [0.05, 0.1) is 15.5 Å². The van der Waals surface area contributed by atoms with Crippen molar-refractivity contribution in [1.82, 2.24) is 0 Å². The van der Waals surface area contributed by atoms with E-state index in [2.05, 4.69) is 31.2 Å². The maximum Gasteiger partial charge on any atom is 0.123 e. The summed E-state index contributed by atoms with van der Waals surface area (Å²) in [5.41, 5.74) is 2.35. The molecule has 0 aromatic heterocycles. The van der Waals surface area contributed by atoms with E-state index < -0.39 is 10.8 Å². The molecular weight excluding hydrogens is 331 g/mol. The standard InChI is InChI=1S/C18H19FOS.2C2H6/c1-14-4-6-15(7-5-14)18(12-2-3-13-18)21(20)17-10-8-16(19)9-11-17;2*1-2/h4-11H,2-3,12-13H2,1H3;2*1-2H3. The monoisotopic (exact) mass is 362 g/mol. The molecule has 3 rings (SSSR count). The van der Waals surface area contributed by atoms with Gasteiger partial charge < -0.3 is 0 Å². The summed E-state index contributed by atoms with van der Waals surface area (Å²) in [5.74, 6) is -0.286. The van der Waals surface area contributed by atoms with Crippen molar-refractivity contribution in [1.29, 1.82) is 0 Å². The molecule has 1 saturated carbocycles. The maximum atomic E-state index is 13.2. The molecule has 3 heteroatoms. The Morgan fingerprint density at radius 1 is 0.840 bits per heavy atom. The summed E-state index contributed by atoms with van der Waals surface area (Å²) in [4.78, 5) is 0.721. The molecule has 25 heavy (non-hydrogen) atoms. The lowest BCUT2D eigenvalue weighted by atomic mass is 9.96. The quantitative estimate of drug-likeness (QED) is 0.589. The van der Waals surface area contributed by atoms with E-state index in [1.165, 1.54) is 17.7 Å². The van der Waals surface area contributed by atoms with Crippen LogP contribution in [0.15, 0.2) is 53.4 Å². The first-order valence-electron chi connectivity index (χ1n) is 9.36. The molecule has 0 saturated heterocycles. The topological polar surface area (TPSA) is 17.1 Å². The van der Waals surface area contributed by atoms with Crippen molar-refractivity contribution in [3.05, 3.63) is 65.5 Å². The summed E-state index contributed by atoms with van der Waals surface area (Å²) in [6.45, 7) is 10.1. The Kier molecular flexibility index (Phi) is 9.05.